The van der Waals surface area contributed by atoms with E-state index in [0.717, 1.165) is 29.3 Å². The smallest absolute Gasteiger partial charge is 0.133 e. The van der Waals surface area contributed by atoms with Crippen molar-refractivity contribution in [1.29, 1.82) is 0 Å². The highest BCUT2D eigenvalue weighted by molar-refractivity contribution is 7.98. The Morgan fingerprint density at radius 3 is 2.76 bits per heavy atom. The van der Waals surface area contributed by atoms with E-state index in [0.29, 0.717) is 5.56 Å². The number of para-hydroxylation sites is 1. The quantitative estimate of drug-likeness (QED) is 0.773. The van der Waals surface area contributed by atoms with Gasteiger partial charge in [0.05, 0.1) is 0 Å². The Bertz CT molecular complexity index is 589. The van der Waals surface area contributed by atoms with Gasteiger partial charge >= 0.3 is 0 Å². The second kappa shape index (κ2) is 8.05. The predicted molar refractivity (Wildman–Crippen MR) is 86.3 cm³/mol. The summed E-state index contributed by atoms with van der Waals surface area (Å²) in [6.45, 7) is 3.92. The van der Waals surface area contributed by atoms with Crippen LogP contribution in [0.5, 0.6) is 5.75 Å². The lowest BCUT2D eigenvalue weighted by molar-refractivity contribution is 0.292. The lowest BCUT2D eigenvalue weighted by Gasteiger charge is -2.11. The standard InChI is InChI=1S/C17H20FNOS/c1-3-19-11-13-8-9-15(18)14(10-13)12-20-16-6-4-5-7-17(16)21-2/h4-10,19H,3,11-12H2,1-2H3. The van der Waals surface area contributed by atoms with Crippen LogP contribution in [0.4, 0.5) is 4.39 Å². The number of halogens is 1. The molecule has 2 rings (SSSR count). The number of hydrogen-bond acceptors (Lipinski definition) is 3. The van der Waals surface area contributed by atoms with Gasteiger partial charge in [-0.05, 0) is 42.6 Å². The maximum absolute atomic E-state index is 13.9. The number of ether oxygens (including phenoxy) is 1. The van der Waals surface area contributed by atoms with Crippen molar-refractivity contribution in [2.45, 2.75) is 25.0 Å². The number of benzene rings is 2. The van der Waals surface area contributed by atoms with E-state index in [9.17, 15) is 4.39 Å². The number of nitrogens with one attached hydrogen (secondary N) is 1. The fourth-order valence-corrected chi connectivity index (χ4v) is 2.55. The van der Waals surface area contributed by atoms with Crippen molar-refractivity contribution < 1.29 is 9.13 Å². The van der Waals surface area contributed by atoms with E-state index in [-0.39, 0.29) is 12.4 Å². The molecule has 0 heterocycles. The molecule has 2 nitrogen and oxygen atoms in total. The van der Waals surface area contributed by atoms with Crippen molar-refractivity contribution in [3.05, 3.63) is 59.4 Å². The van der Waals surface area contributed by atoms with Gasteiger partial charge in [-0.2, -0.15) is 0 Å². The van der Waals surface area contributed by atoms with Gasteiger partial charge in [-0.1, -0.05) is 25.1 Å². The largest absolute Gasteiger partial charge is 0.488 e. The fraction of sp³-hybridized carbons (Fsp3) is 0.294. The summed E-state index contributed by atoms with van der Waals surface area (Å²) >= 11 is 1.62. The van der Waals surface area contributed by atoms with Crippen LogP contribution < -0.4 is 10.1 Å². The molecule has 0 aliphatic rings. The van der Waals surface area contributed by atoms with Crippen LogP contribution in [0.2, 0.25) is 0 Å². The second-order valence-electron chi connectivity index (χ2n) is 4.65. The molecule has 21 heavy (non-hydrogen) atoms. The molecule has 0 fully saturated rings. The van der Waals surface area contributed by atoms with E-state index in [1.165, 1.54) is 6.07 Å². The van der Waals surface area contributed by atoms with Gasteiger partial charge in [0.2, 0.25) is 0 Å². The molecular weight excluding hydrogens is 285 g/mol. The van der Waals surface area contributed by atoms with Crippen LogP contribution in [0.3, 0.4) is 0 Å². The van der Waals surface area contributed by atoms with Crippen molar-refractivity contribution in [3.63, 3.8) is 0 Å². The minimum Gasteiger partial charge on any atom is -0.488 e. The molecule has 0 saturated heterocycles. The molecule has 1 N–H and O–H groups in total. The highest BCUT2D eigenvalue weighted by atomic mass is 32.2. The summed E-state index contributed by atoms with van der Waals surface area (Å²) in [7, 11) is 0. The van der Waals surface area contributed by atoms with E-state index >= 15 is 0 Å². The third kappa shape index (κ3) is 4.48. The zero-order chi connectivity index (χ0) is 15.1. The molecule has 0 unspecified atom stereocenters. The topological polar surface area (TPSA) is 21.3 Å². The van der Waals surface area contributed by atoms with Gasteiger partial charge in [0.25, 0.3) is 0 Å². The van der Waals surface area contributed by atoms with Crippen molar-refractivity contribution in [3.8, 4) is 5.75 Å². The molecule has 0 atom stereocenters. The average Bonchev–Trinajstić information content (AvgIpc) is 2.53. The van der Waals surface area contributed by atoms with Crippen molar-refractivity contribution in [2.24, 2.45) is 0 Å². The molecular formula is C17H20FNOS. The van der Waals surface area contributed by atoms with Crippen LogP contribution in [-0.4, -0.2) is 12.8 Å². The zero-order valence-electron chi connectivity index (χ0n) is 12.4. The minimum atomic E-state index is -0.225. The third-order valence-electron chi connectivity index (χ3n) is 3.14. The molecule has 0 saturated carbocycles. The number of rotatable bonds is 7. The summed E-state index contributed by atoms with van der Waals surface area (Å²) in [5.74, 6) is 0.568. The summed E-state index contributed by atoms with van der Waals surface area (Å²) in [5.41, 5.74) is 1.65. The molecule has 0 spiro atoms. The Hall–Kier alpha value is -1.52. The molecule has 0 aliphatic heterocycles. The van der Waals surface area contributed by atoms with E-state index < -0.39 is 0 Å². The monoisotopic (exact) mass is 305 g/mol. The summed E-state index contributed by atoms with van der Waals surface area (Å²) in [5, 5.41) is 3.24. The van der Waals surface area contributed by atoms with Crippen LogP contribution in [0.1, 0.15) is 18.1 Å². The minimum absolute atomic E-state index is 0.225. The first-order valence-electron chi connectivity index (χ1n) is 6.98. The lowest BCUT2D eigenvalue weighted by atomic mass is 10.1. The van der Waals surface area contributed by atoms with Crippen LogP contribution >= 0.6 is 11.8 Å². The number of hydrogen-bond donors (Lipinski definition) is 1. The maximum Gasteiger partial charge on any atom is 0.133 e. The summed E-state index contributed by atoms with van der Waals surface area (Å²) in [4.78, 5) is 1.06. The fourth-order valence-electron chi connectivity index (χ4n) is 2.01. The van der Waals surface area contributed by atoms with Crippen LogP contribution in [0.15, 0.2) is 47.4 Å². The lowest BCUT2D eigenvalue weighted by Crippen LogP contribution is -2.12. The van der Waals surface area contributed by atoms with E-state index in [4.69, 9.17) is 4.74 Å². The molecule has 0 bridgehead atoms. The molecule has 0 radical (unpaired) electrons. The van der Waals surface area contributed by atoms with E-state index in [2.05, 4.69) is 5.32 Å². The zero-order valence-corrected chi connectivity index (χ0v) is 13.2. The van der Waals surface area contributed by atoms with Gasteiger partial charge in [0, 0.05) is 17.0 Å². The van der Waals surface area contributed by atoms with Gasteiger partial charge in [0.15, 0.2) is 0 Å². The van der Waals surface area contributed by atoms with Crippen molar-refractivity contribution in [2.75, 3.05) is 12.8 Å². The Morgan fingerprint density at radius 2 is 2.00 bits per heavy atom. The summed E-state index contributed by atoms with van der Waals surface area (Å²) in [6.07, 6.45) is 2.00. The van der Waals surface area contributed by atoms with Gasteiger partial charge in [-0.15, -0.1) is 11.8 Å². The van der Waals surface area contributed by atoms with E-state index in [1.54, 1.807) is 17.8 Å². The first-order valence-corrected chi connectivity index (χ1v) is 8.21. The average molecular weight is 305 g/mol. The number of thioether (sulfide) groups is 1. The first kappa shape index (κ1) is 15.9. The Morgan fingerprint density at radius 1 is 1.19 bits per heavy atom. The third-order valence-corrected chi connectivity index (χ3v) is 3.92. The molecule has 4 heteroatoms. The van der Waals surface area contributed by atoms with E-state index in [1.807, 2.05) is 43.5 Å². The first-order chi connectivity index (χ1) is 10.2. The van der Waals surface area contributed by atoms with Crippen molar-refractivity contribution in [1.82, 2.24) is 5.32 Å². The second-order valence-corrected chi connectivity index (χ2v) is 5.49. The summed E-state index contributed by atoms with van der Waals surface area (Å²) in [6, 6.07) is 13.0. The Labute approximate surface area is 129 Å². The maximum atomic E-state index is 13.9. The molecule has 112 valence electrons. The highest BCUT2D eigenvalue weighted by Crippen LogP contribution is 2.27. The normalized spacial score (nSPS) is 10.6. The van der Waals surface area contributed by atoms with Gasteiger partial charge < -0.3 is 10.1 Å². The van der Waals surface area contributed by atoms with Gasteiger partial charge in [-0.25, -0.2) is 4.39 Å². The molecule has 0 amide bonds. The predicted octanol–water partition coefficient (Wildman–Crippen LogP) is 4.24. The van der Waals surface area contributed by atoms with Crippen LogP contribution in [0.25, 0.3) is 0 Å². The van der Waals surface area contributed by atoms with Crippen LogP contribution in [0, 0.1) is 5.82 Å². The Kier molecular flexibility index (Phi) is 6.08. The molecule has 2 aromatic rings. The SMILES string of the molecule is CCNCc1ccc(F)c(COc2ccccc2SC)c1. The highest BCUT2D eigenvalue weighted by Gasteiger charge is 2.07. The summed E-state index contributed by atoms with van der Waals surface area (Å²) < 4.78 is 19.6. The van der Waals surface area contributed by atoms with Gasteiger partial charge in [-0.3, -0.25) is 0 Å². The Balaban J connectivity index is 2.08. The molecule has 2 aromatic carbocycles. The molecule has 0 aliphatic carbocycles. The van der Waals surface area contributed by atoms with Crippen molar-refractivity contribution >= 4 is 11.8 Å². The van der Waals surface area contributed by atoms with Gasteiger partial charge in [0.1, 0.15) is 18.2 Å². The molecule has 0 aromatic heterocycles. The van der Waals surface area contributed by atoms with Crippen LogP contribution in [-0.2, 0) is 13.2 Å².